The molecule has 2 N–H and O–H groups in total. The molecule has 0 radical (unpaired) electrons. The fraction of sp³-hybridized carbons (Fsp3) is 0.222. The van der Waals surface area contributed by atoms with E-state index in [0.29, 0.717) is 22.7 Å². The summed E-state index contributed by atoms with van der Waals surface area (Å²) in [6.45, 7) is 1.79. The third kappa shape index (κ3) is 4.29. The van der Waals surface area contributed by atoms with E-state index < -0.39 is 29.9 Å². The van der Waals surface area contributed by atoms with Crippen LogP contribution in [0, 0.1) is 5.92 Å². The van der Waals surface area contributed by atoms with Crippen LogP contribution in [-0.4, -0.2) is 35.4 Å². The van der Waals surface area contributed by atoms with Crippen LogP contribution in [0.4, 0.5) is 5.69 Å². The molecule has 178 valence electrons. The van der Waals surface area contributed by atoms with E-state index in [-0.39, 0.29) is 12.5 Å². The van der Waals surface area contributed by atoms with Crippen molar-refractivity contribution >= 4 is 23.4 Å². The highest BCUT2D eigenvalue weighted by molar-refractivity contribution is 6.23. The van der Waals surface area contributed by atoms with Crippen LogP contribution in [0.25, 0.3) is 0 Å². The maximum absolute atomic E-state index is 13.5. The number of benzene rings is 3. The van der Waals surface area contributed by atoms with Gasteiger partial charge >= 0.3 is 0 Å². The molecule has 2 aliphatic rings. The van der Waals surface area contributed by atoms with E-state index in [0.717, 1.165) is 12.0 Å². The fourth-order valence-electron chi connectivity index (χ4n) is 4.63. The van der Waals surface area contributed by atoms with Gasteiger partial charge in [-0.15, -0.1) is 0 Å². The fourth-order valence-corrected chi connectivity index (χ4v) is 4.63. The first-order chi connectivity index (χ1) is 17.0. The van der Waals surface area contributed by atoms with Crippen molar-refractivity contribution in [2.24, 2.45) is 11.7 Å². The van der Waals surface area contributed by atoms with Gasteiger partial charge in [-0.3, -0.25) is 19.2 Å². The Morgan fingerprint density at radius 3 is 2.20 bits per heavy atom. The van der Waals surface area contributed by atoms with Gasteiger partial charge in [0, 0.05) is 0 Å². The van der Waals surface area contributed by atoms with Crippen molar-refractivity contribution in [2.75, 3.05) is 11.4 Å². The number of primary amides is 1. The maximum atomic E-state index is 13.5. The first-order valence-electron chi connectivity index (χ1n) is 11.5. The highest BCUT2D eigenvalue weighted by Crippen LogP contribution is 2.45. The first-order valence-corrected chi connectivity index (χ1v) is 11.5. The molecule has 0 spiro atoms. The van der Waals surface area contributed by atoms with Gasteiger partial charge < -0.3 is 10.5 Å². The number of rotatable bonds is 7. The van der Waals surface area contributed by atoms with Gasteiger partial charge in [0.1, 0.15) is 18.0 Å². The predicted octanol–water partition coefficient (Wildman–Crippen LogP) is 3.37. The van der Waals surface area contributed by atoms with E-state index >= 15 is 0 Å². The third-order valence-corrected chi connectivity index (χ3v) is 6.31. The number of carbonyl (C=O) groups excluding carboxylic acids is 3. The Labute approximate surface area is 202 Å². The van der Waals surface area contributed by atoms with Crippen molar-refractivity contribution < 1.29 is 24.0 Å². The number of nitrogens with two attached hydrogens (primary N) is 1. The zero-order valence-corrected chi connectivity index (χ0v) is 19.2. The molecule has 0 saturated carbocycles. The number of hydroxylamine groups is 2. The normalized spacial score (nSPS) is 21.9. The van der Waals surface area contributed by atoms with E-state index in [4.69, 9.17) is 15.3 Å². The molecule has 2 saturated heterocycles. The lowest BCUT2D eigenvalue weighted by atomic mass is 9.90. The van der Waals surface area contributed by atoms with Gasteiger partial charge in [0.25, 0.3) is 5.91 Å². The number of carbonyl (C=O) groups is 3. The first kappa shape index (κ1) is 22.8. The van der Waals surface area contributed by atoms with Crippen LogP contribution in [0.2, 0.25) is 0 Å². The van der Waals surface area contributed by atoms with Crippen LogP contribution >= 0.6 is 0 Å². The number of para-hydroxylation sites is 1. The maximum Gasteiger partial charge on any atom is 0.265 e. The molecule has 2 fully saturated rings. The average molecular weight is 472 g/mol. The second-order valence-corrected chi connectivity index (χ2v) is 8.55. The lowest BCUT2D eigenvalue weighted by Crippen LogP contribution is -2.40. The van der Waals surface area contributed by atoms with E-state index in [1.54, 1.807) is 36.4 Å². The predicted molar refractivity (Wildman–Crippen MR) is 128 cm³/mol. The minimum atomic E-state index is -1.03. The summed E-state index contributed by atoms with van der Waals surface area (Å²) in [7, 11) is 0. The Kier molecular flexibility index (Phi) is 6.07. The van der Waals surface area contributed by atoms with Crippen molar-refractivity contribution in [1.82, 2.24) is 5.06 Å². The van der Waals surface area contributed by atoms with Gasteiger partial charge in [-0.1, -0.05) is 49.4 Å². The topological polar surface area (TPSA) is 102 Å². The number of fused-ring (bicyclic) bond motifs is 1. The Bertz CT molecular complexity index is 1240. The van der Waals surface area contributed by atoms with Crippen molar-refractivity contribution in [3.8, 4) is 11.5 Å². The Morgan fingerprint density at radius 1 is 0.914 bits per heavy atom. The molecule has 3 amide bonds. The molecule has 0 aromatic heterocycles. The van der Waals surface area contributed by atoms with Gasteiger partial charge in [-0.05, 0) is 53.9 Å². The Morgan fingerprint density at radius 2 is 1.57 bits per heavy atom. The molecule has 2 heterocycles. The molecule has 0 aliphatic carbocycles. The molecular formula is C27H25N3O5. The SMILES string of the molecule is CCc1ccc(N2C(=O)C3ON(CC(N)=O)C(c4ccc(Oc5ccccc5)cc4)C3C2=O)cc1. The molecule has 3 aromatic carbocycles. The summed E-state index contributed by atoms with van der Waals surface area (Å²) in [6, 6.07) is 23.2. The largest absolute Gasteiger partial charge is 0.457 e. The molecule has 0 bridgehead atoms. The zero-order valence-electron chi connectivity index (χ0n) is 19.2. The molecule has 8 nitrogen and oxygen atoms in total. The quantitative estimate of drug-likeness (QED) is 0.530. The lowest BCUT2D eigenvalue weighted by molar-refractivity contribution is -0.175. The number of aryl methyl sites for hydroxylation is 1. The average Bonchev–Trinajstić information content (AvgIpc) is 3.34. The number of hydrogen-bond acceptors (Lipinski definition) is 6. The van der Waals surface area contributed by atoms with Crippen LogP contribution in [-0.2, 0) is 25.6 Å². The number of nitrogens with zero attached hydrogens (tertiary/aromatic N) is 2. The van der Waals surface area contributed by atoms with Crippen LogP contribution in [0.1, 0.15) is 24.1 Å². The monoisotopic (exact) mass is 471 g/mol. The zero-order chi connectivity index (χ0) is 24.5. The number of hydrogen-bond donors (Lipinski definition) is 1. The third-order valence-electron chi connectivity index (χ3n) is 6.31. The van der Waals surface area contributed by atoms with Gasteiger partial charge in [-0.25, -0.2) is 4.90 Å². The molecule has 2 aliphatic heterocycles. The van der Waals surface area contributed by atoms with Gasteiger partial charge in [0.2, 0.25) is 11.8 Å². The molecule has 3 atom stereocenters. The summed E-state index contributed by atoms with van der Waals surface area (Å²) in [5, 5.41) is 1.35. The molecule has 5 rings (SSSR count). The highest BCUT2D eigenvalue weighted by atomic mass is 16.7. The number of anilines is 1. The second-order valence-electron chi connectivity index (χ2n) is 8.55. The lowest BCUT2D eigenvalue weighted by Gasteiger charge is -2.26. The summed E-state index contributed by atoms with van der Waals surface area (Å²) in [5.74, 6) is -0.944. The smallest absolute Gasteiger partial charge is 0.265 e. The number of amides is 3. The van der Waals surface area contributed by atoms with Crippen LogP contribution < -0.4 is 15.4 Å². The summed E-state index contributed by atoms with van der Waals surface area (Å²) < 4.78 is 5.86. The Balaban J connectivity index is 1.44. The summed E-state index contributed by atoms with van der Waals surface area (Å²) in [4.78, 5) is 45.5. The minimum Gasteiger partial charge on any atom is -0.457 e. The van der Waals surface area contributed by atoms with Crippen LogP contribution in [0.5, 0.6) is 11.5 Å². The standard InChI is InChI=1S/C27H25N3O5/c1-2-17-8-12-19(13-9-17)30-26(32)23-24(29(16-22(28)31)35-25(23)27(30)33)18-10-14-21(15-11-18)34-20-6-4-3-5-7-20/h3-15,23-25H,2,16H2,1H3,(H2,28,31). The summed E-state index contributed by atoms with van der Waals surface area (Å²) in [6.07, 6.45) is -0.178. The van der Waals surface area contributed by atoms with Crippen molar-refractivity contribution in [3.05, 3.63) is 90.0 Å². The van der Waals surface area contributed by atoms with Gasteiger partial charge in [-0.2, -0.15) is 5.06 Å². The van der Waals surface area contributed by atoms with Gasteiger partial charge in [0.15, 0.2) is 6.10 Å². The van der Waals surface area contributed by atoms with E-state index in [2.05, 4.69) is 0 Å². The van der Waals surface area contributed by atoms with E-state index in [1.165, 1.54) is 9.96 Å². The minimum absolute atomic E-state index is 0.244. The molecule has 3 unspecified atom stereocenters. The molecular weight excluding hydrogens is 446 g/mol. The van der Waals surface area contributed by atoms with Crippen LogP contribution in [0.15, 0.2) is 78.9 Å². The molecule has 8 heteroatoms. The number of imide groups is 1. The van der Waals surface area contributed by atoms with Crippen LogP contribution in [0.3, 0.4) is 0 Å². The summed E-state index contributed by atoms with van der Waals surface area (Å²) in [5.41, 5.74) is 7.74. The van der Waals surface area contributed by atoms with E-state index in [1.807, 2.05) is 49.4 Å². The Hall–Kier alpha value is -4.01. The van der Waals surface area contributed by atoms with Gasteiger partial charge in [0.05, 0.1) is 17.6 Å². The van der Waals surface area contributed by atoms with Crippen molar-refractivity contribution in [3.63, 3.8) is 0 Å². The van der Waals surface area contributed by atoms with E-state index in [9.17, 15) is 14.4 Å². The van der Waals surface area contributed by atoms with Crippen molar-refractivity contribution in [2.45, 2.75) is 25.5 Å². The second kappa shape index (κ2) is 9.32. The highest BCUT2D eigenvalue weighted by Gasteiger charge is 2.60. The molecule has 3 aromatic rings. The van der Waals surface area contributed by atoms with Crippen molar-refractivity contribution in [1.29, 1.82) is 0 Å². The number of ether oxygens (including phenoxy) is 1. The molecule has 35 heavy (non-hydrogen) atoms. The summed E-state index contributed by atoms with van der Waals surface area (Å²) >= 11 is 0.